The van der Waals surface area contributed by atoms with Gasteiger partial charge < -0.3 is 14.5 Å². The van der Waals surface area contributed by atoms with E-state index in [0.29, 0.717) is 36.1 Å². The minimum absolute atomic E-state index is 0.208. The number of furan rings is 1. The van der Waals surface area contributed by atoms with Crippen LogP contribution in [0.5, 0.6) is 5.75 Å². The van der Waals surface area contributed by atoms with Gasteiger partial charge in [0.15, 0.2) is 5.76 Å². The van der Waals surface area contributed by atoms with Gasteiger partial charge in [0, 0.05) is 29.1 Å². The normalized spacial score (nSPS) is 11.1. The third-order valence-corrected chi connectivity index (χ3v) is 4.56. The molecule has 6 heteroatoms. The van der Waals surface area contributed by atoms with E-state index in [1.165, 1.54) is 18.2 Å². The smallest absolute Gasteiger partial charge is 0.287 e. The van der Waals surface area contributed by atoms with Crippen LogP contribution in [-0.4, -0.2) is 24.0 Å². The maximum absolute atomic E-state index is 13.4. The first-order valence-corrected chi connectivity index (χ1v) is 9.07. The number of aryl methyl sites for hydroxylation is 1. The maximum atomic E-state index is 13.4. The molecule has 1 N–H and O–H groups in total. The highest BCUT2D eigenvalue weighted by Crippen LogP contribution is 2.26. The van der Waals surface area contributed by atoms with E-state index < -0.39 is 0 Å². The molecule has 0 aliphatic heterocycles. The van der Waals surface area contributed by atoms with Crippen LogP contribution in [-0.2, 0) is 0 Å². The molecule has 28 heavy (non-hydrogen) atoms. The Bertz CT molecular complexity index is 1150. The highest BCUT2D eigenvalue weighted by molar-refractivity contribution is 5.98. The van der Waals surface area contributed by atoms with Crippen molar-refractivity contribution in [2.45, 2.75) is 13.3 Å². The number of nitrogens with one attached hydrogen (secondary N) is 1. The van der Waals surface area contributed by atoms with Gasteiger partial charge in [0.25, 0.3) is 5.91 Å². The summed E-state index contributed by atoms with van der Waals surface area (Å²) in [5, 5.41) is 4.44. The minimum atomic E-state index is -0.358. The molecule has 0 aliphatic carbocycles. The van der Waals surface area contributed by atoms with Gasteiger partial charge in [-0.1, -0.05) is 18.2 Å². The number of nitrogens with zero attached hydrogens (tertiary/aromatic N) is 1. The van der Waals surface area contributed by atoms with Crippen molar-refractivity contribution in [2.24, 2.45) is 0 Å². The van der Waals surface area contributed by atoms with Gasteiger partial charge in [0.1, 0.15) is 22.7 Å². The highest BCUT2D eigenvalue weighted by atomic mass is 19.1. The Morgan fingerprint density at radius 1 is 1.21 bits per heavy atom. The van der Waals surface area contributed by atoms with Gasteiger partial charge in [-0.2, -0.15) is 0 Å². The van der Waals surface area contributed by atoms with Gasteiger partial charge in [0.05, 0.1) is 6.61 Å². The molecule has 4 aromatic rings. The first-order valence-electron chi connectivity index (χ1n) is 9.07. The lowest BCUT2D eigenvalue weighted by Crippen LogP contribution is -2.25. The predicted molar refractivity (Wildman–Crippen MR) is 105 cm³/mol. The minimum Gasteiger partial charge on any atom is -0.491 e. The molecule has 2 aromatic heterocycles. The van der Waals surface area contributed by atoms with Crippen molar-refractivity contribution >= 4 is 27.8 Å². The van der Waals surface area contributed by atoms with Crippen molar-refractivity contribution in [3.63, 3.8) is 0 Å². The summed E-state index contributed by atoms with van der Waals surface area (Å²) in [4.78, 5) is 16.7. The zero-order chi connectivity index (χ0) is 19.5. The van der Waals surface area contributed by atoms with Crippen molar-refractivity contribution in [3.05, 3.63) is 71.9 Å². The zero-order valence-corrected chi connectivity index (χ0v) is 15.4. The summed E-state index contributed by atoms with van der Waals surface area (Å²) in [6, 6.07) is 13.9. The molecule has 0 fully saturated rings. The lowest BCUT2D eigenvalue weighted by molar-refractivity contribution is 0.0925. The molecule has 4 rings (SSSR count). The number of pyridine rings is 1. The first kappa shape index (κ1) is 18.0. The average molecular weight is 378 g/mol. The van der Waals surface area contributed by atoms with Crippen LogP contribution in [0.3, 0.4) is 0 Å². The first-order chi connectivity index (χ1) is 13.6. The van der Waals surface area contributed by atoms with E-state index >= 15 is 0 Å². The van der Waals surface area contributed by atoms with Gasteiger partial charge in [-0.15, -0.1) is 0 Å². The summed E-state index contributed by atoms with van der Waals surface area (Å²) in [7, 11) is 0. The van der Waals surface area contributed by atoms with Crippen LogP contribution in [0.1, 0.15) is 22.5 Å². The van der Waals surface area contributed by atoms with Crippen LogP contribution in [0.4, 0.5) is 4.39 Å². The van der Waals surface area contributed by atoms with E-state index in [1.807, 2.05) is 30.3 Å². The van der Waals surface area contributed by atoms with Gasteiger partial charge in [-0.05, 0) is 43.7 Å². The summed E-state index contributed by atoms with van der Waals surface area (Å²) in [6.07, 6.45) is 2.36. The Hall–Kier alpha value is -3.41. The van der Waals surface area contributed by atoms with E-state index in [2.05, 4.69) is 10.3 Å². The van der Waals surface area contributed by atoms with E-state index in [1.54, 1.807) is 13.1 Å². The quantitative estimate of drug-likeness (QED) is 0.497. The number of para-hydroxylation sites is 1. The molecular formula is C22H19FN2O3. The average Bonchev–Trinajstić information content (AvgIpc) is 3.04. The molecule has 2 heterocycles. The second kappa shape index (κ2) is 7.68. The summed E-state index contributed by atoms with van der Waals surface area (Å²) < 4.78 is 24.8. The Morgan fingerprint density at radius 2 is 2.07 bits per heavy atom. The Labute approximate surface area is 161 Å². The monoisotopic (exact) mass is 378 g/mol. The van der Waals surface area contributed by atoms with E-state index in [9.17, 15) is 9.18 Å². The molecule has 1 amide bonds. The Morgan fingerprint density at radius 3 is 2.96 bits per heavy atom. The fraction of sp³-hybridized carbons (Fsp3) is 0.182. The molecule has 0 saturated carbocycles. The SMILES string of the molecule is Cc1c(C(=O)NCCCOc2cccc3cccnc23)oc2ccc(F)cc12. The second-order valence-electron chi connectivity index (χ2n) is 6.49. The van der Waals surface area contributed by atoms with Crippen molar-refractivity contribution in [1.82, 2.24) is 10.3 Å². The molecule has 0 unspecified atom stereocenters. The molecular weight excluding hydrogens is 359 g/mol. The summed E-state index contributed by atoms with van der Waals surface area (Å²) in [5.41, 5.74) is 1.94. The van der Waals surface area contributed by atoms with E-state index in [4.69, 9.17) is 9.15 Å². The van der Waals surface area contributed by atoms with Crippen LogP contribution in [0.25, 0.3) is 21.9 Å². The van der Waals surface area contributed by atoms with E-state index in [0.717, 1.165) is 16.7 Å². The lowest BCUT2D eigenvalue weighted by atomic mass is 10.1. The van der Waals surface area contributed by atoms with Gasteiger partial charge in [-0.25, -0.2) is 4.39 Å². The standard InChI is InChI=1S/C22H19FN2O3/c1-14-17-13-16(23)8-9-18(17)28-21(14)22(26)25-11-4-12-27-19-7-2-5-15-6-3-10-24-20(15)19/h2-3,5-10,13H,4,11-12H2,1H3,(H,25,26). The molecule has 0 saturated heterocycles. The number of rotatable bonds is 6. The molecule has 0 bridgehead atoms. The number of benzene rings is 2. The van der Waals surface area contributed by atoms with Crippen LogP contribution in [0.15, 0.2) is 59.1 Å². The molecule has 0 atom stereocenters. The summed E-state index contributed by atoms with van der Waals surface area (Å²) >= 11 is 0. The van der Waals surface area contributed by atoms with Crippen molar-refractivity contribution in [3.8, 4) is 5.75 Å². The van der Waals surface area contributed by atoms with Crippen LogP contribution in [0.2, 0.25) is 0 Å². The molecule has 2 aromatic carbocycles. The number of amides is 1. The number of halogens is 1. The Balaban J connectivity index is 1.33. The zero-order valence-electron chi connectivity index (χ0n) is 15.4. The molecule has 0 spiro atoms. The van der Waals surface area contributed by atoms with Crippen LogP contribution < -0.4 is 10.1 Å². The predicted octanol–water partition coefficient (Wildman–Crippen LogP) is 4.63. The van der Waals surface area contributed by atoms with Crippen LogP contribution >= 0.6 is 0 Å². The number of hydrogen-bond donors (Lipinski definition) is 1. The molecule has 0 aliphatic rings. The topological polar surface area (TPSA) is 64.4 Å². The number of hydrogen-bond acceptors (Lipinski definition) is 4. The third-order valence-electron chi connectivity index (χ3n) is 4.56. The third kappa shape index (κ3) is 3.53. The molecule has 0 radical (unpaired) electrons. The van der Waals surface area contributed by atoms with E-state index in [-0.39, 0.29) is 17.5 Å². The number of carbonyl (C=O) groups is 1. The largest absolute Gasteiger partial charge is 0.491 e. The molecule has 5 nitrogen and oxygen atoms in total. The highest BCUT2D eigenvalue weighted by Gasteiger charge is 2.17. The number of fused-ring (bicyclic) bond motifs is 2. The lowest BCUT2D eigenvalue weighted by Gasteiger charge is -2.09. The van der Waals surface area contributed by atoms with Crippen molar-refractivity contribution in [1.29, 1.82) is 0 Å². The number of aromatic nitrogens is 1. The fourth-order valence-corrected chi connectivity index (χ4v) is 3.14. The summed E-state index contributed by atoms with van der Waals surface area (Å²) in [6.45, 7) is 2.62. The Kier molecular flexibility index (Phi) is 4.93. The van der Waals surface area contributed by atoms with Gasteiger partial charge in [-0.3, -0.25) is 9.78 Å². The number of ether oxygens (including phenoxy) is 1. The van der Waals surface area contributed by atoms with Gasteiger partial charge in [0.2, 0.25) is 0 Å². The number of carbonyl (C=O) groups excluding carboxylic acids is 1. The van der Waals surface area contributed by atoms with Gasteiger partial charge >= 0.3 is 0 Å². The maximum Gasteiger partial charge on any atom is 0.287 e. The molecule has 142 valence electrons. The van der Waals surface area contributed by atoms with Crippen LogP contribution in [0, 0.1) is 12.7 Å². The van der Waals surface area contributed by atoms with Crippen molar-refractivity contribution < 1.29 is 18.3 Å². The summed E-state index contributed by atoms with van der Waals surface area (Å²) in [5.74, 6) is 0.253. The van der Waals surface area contributed by atoms with Crippen molar-refractivity contribution in [2.75, 3.05) is 13.2 Å². The fourth-order valence-electron chi connectivity index (χ4n) is 3.14. The second-order valence-corrected chi connectivity index (χ2v) is 6.49.